The van der Waals surface area contributed by atoms with E-state index >= 15 is 0 Å². The second-order valence-electron chi connectivity index (χ2n) is 3.77. The van der Waals surface area contributed by atoms with Crippen molar-refractivity contribution in [1.82, 2.24) is 10.2 Å². The summed E-state index contributed by atoms with van der Waals surface area (Å²) in [6.45, 7) is 6.53. The van der Waals surface area contributed by atoms with Gasteiger partial charge >= 0.3 is 0 Å². The zero-order valence-corrected chi connectivity index (χ0v) is 9.25. The van der Waals surface area contributed by atoms with Gasteiger partial charge in [-0.25, -0.2) is 0 Å². The number of hydrogen-bond donors (Lipinski definition) is 1. The molecule has 0 bridgehead atoms. The Morgan fingerprint density at radius 2 is 2.43 bits per heavy atom. The van der Waals surface area contributed by atoms with Crippen molar-refractivity contribution in [3.05, 3.63) is 0 Å². The molecular formula is C10H20N2O2. The van der Waals surface area contributed by atoms with Gasteiger partial charge in [0.15, 0.2) is 0 Å². The van der Waals surface area contributed by atoms with Crippen LogP contribution in [0.2, 0.25) is 0 Å². The van der Waals surface area contributed by atoms with E-state index in [0.29, 0.717) is 6.04 Å². The number of amides is 1. The van der Waals surface area contributed by atoms with E-state index in [1.165, 1.54) is 0 Å². The quantitative estimate of drug-likeness (QED) is 0.709. The largest absolute Gasteiger partial charge is 0.372 e. The van der Waals surface area contributed by atoms with Gasteiger partial charge in [0.25, 0.3) is 5.91 Å². The molecule has 1 rings (SSSR count). The second-order valence-corrected chi connectivity index (χ2v) is 3.77. The van der Waals surface area contributed by atoms with Gasteiger partial charge in [0.2, 0.25) is 0 Å². The molecule has 4 heteroatoms. The molecule has 1 amide bonds. The van der Waals surface area contributed by atoms with Crippen LogP contribution in [0.3, 0.4) is 0 Å². The maximum atomic E-state index is 11.9. The van der Waals surface area contributed by atoms with E-state index in [9.17, 15) is 4.79 Å². The molecule has 0 radical (unpaired) electrons. The molecule has 1 fully saturated rings. The van der Waals surface area contributed by atoms with E-state index in [-0.39, 0.29) is 12.0 Å². The zero-order chi connectivity index (χ0) is 10.6. The van der Waals surface area contributed by atoms with E-state index in [0.717, 1.165) is 26.1 Å². The normalized spacial score (nSPS) is 24.8. The fourth-order valence-corrected chi connectivity index (χ4v) is 1.78. The van der Waals surface area contributed by atoms with Crippen LogP contribution in [0.1, 0.15) is 20.3 Å². The maximum Gasteiger partial charge on any atom is 0.251 e. The van der Waals surface area contributed by atoms with Crippen LogP contribution >= 0.6 is 0 Å². The van der Waals surface area contributed by atoms with Crippen LogP contribution in [-0.4, -0.2) is 49.7 Å². The second kappa shape index (κ2) is 5.32. The molecule has 2 atom stereocenters. The molecule has 1 N–H and O–H groups in total. The Kier molecular flexibility index (Phi) is 4.35. The number of hydrogen-bond acceptors (Lipinski definition) is 3. The van der Waals surface area contributed by atoms with Crippen LogP contribution in [0, 0.1) is 0 Å². The van der Waals surface area contributed by atoms with Crippen LogP contribution in [-0.2, 0) is 9.53 Å². The predicted molar refractivity (Wildman–Crippen MR) is 55.1 cm³/mol. The Bertz CT molecular complexity index is 193. The van der Waals surface area contributed by atoms with Crippen molar-refractivity contribution in [3.63, 3.8) is 0 Å². The maximum absolute atomic E-state index is 11.9. The summed E-state index contributed by atoms with van der Waals surface area (Å²) >= 11 is 0. The molecule has 1 aliphatic heterocycles. The highest BCUT2D eigenvalue weighted by atomic mass is 16.5. The van der Waals surface area contributed by atoms with Crippen molar-refractivity contribution in [2.45, 2.75) is 32.4 Å². The first-order chi connectivity index (χ1) is 6.69. The molecule has 82 valence electrons. The fraction of sp³-hybridized carbons (Fsp3) is 0.900. The minimum Gasteiger partial charge on any atom is -0.372 e. The van der Waals surface area contributed by atoms with Crippen LogP contribution in [0.25, 0.3) is 0 Å². The van der Waals surface area contributed by atoms with Crippen molar-refractivity contribution >= 4 is 5.91 Å². The van der Waals surface area contributed by atoms with Gasteiger partial charge in [-0.15, -0.1) is 0 Å². The summed E-state index contributed by atoms with van der Waals surface area (Å²) in [7, 11) is 1.59. The number of rotatable bonds is 3. The van der Waals surface area contributed by atoms with Gasteiger partial charge in [-0.1, -0.05) is 6.92 Å². The smallest absolute Gasteiger partial charge is 0.251 e. The Morgan fingerprint density at radius 1 is 1.71 bits per heavy atom. The van der Waals surface area contributed by atoms with Gasteiger partial charge in [-0.2, -0.15) is 0 Å². The van der Waals surface area contributed by atoms with Crippen molar-refractivity contribution in [1.29, 1.82) is 0 Å². The summed E-state index contributed by atoms with van der Waals surface area (Å²) in [5.41, 5.74) is 0. The summed E-state index contributed by atoms with van der Waals surface area (Å²) < 4.78 is 5.14. The molecular weight excluding hydrogens is 180 g/mol. The monoisotopic (exact) mass is 200 g/mol. The number of nitrogens with one attached hydrogen (secondary N) is 1. The zero-order valence-electron chi connectivity index (χ0n) is 9.25. The molecule has 1 saturated heterocycles. The Balaban J connectivity index is 2.50. The fourth-order valence-electron chi connectivity index (χ4n) is 1.78. The lowest BCUT2D eigenvalue weighted by molar-refractivity contribution is -0.143. The number of methoxy groups -OCH3 is 1. The van der Waals surface area contributed by atoms with Crippen LogP contribution in [0.5, 0.6) is 0 Å². The number of ether oxygens (including phenoxy) is 1. The molecule has 0 saturated carbocycles. The van der Waals surface area contributed by atoms with Crippen molar-refractivity contribution < 1.29 is 9.53 Å². The van der Waals surface area contributed by atoms with Gasteiger partial charge in [0, 0.05) is 32.8 Å². The summed E-state index contributed by atoms with van der Waals surface area (Å²) in [6.07, 6.45) is 0.480. The Morgan fingerprint density at radius 3 is 2.93 bits per heavy atom. The lowest BCUT2D eigenvalue weighted by Gasteiger charge is -2.33. The minimum absolute atomic E-state index is 0.128. The number of nitrogens with zero attached hydrogens (tertiary/aromatic N) is 1. The average Bonchev–Trinajstić information content (AvgIpc) is 2.19. The molecule has 1 aliphatic rings. The number of carbonyl (C=O) groups excluding carboxylic acids is 1. The molecule has 4 nitrogen and oxygen atoms in total. The third-order valence-corrected chi connectivity index (χ3v) is 2.61. The van der Waals surface area contributed by atoms with Crippen molar-refractivity contribution in [2.24, 2.45) is 0 Å². The molecule has 0 aromatic heterocycles. The van der Waals surface area contributed by atoms with E-state index in [2.05, 4.69) is 12.2 Å². The van der Waals surface area contributed by atoms with E-state index < -0.39 is 0 Å². The molecule has 0 spiro atoms. The van der Waals surface area contributed by atoms with Crippen LogP contribution in [0.15, 0.2) is 0 Å². The number of piperazine rings is 1. The van der Waals surface area contributed by atoms with Crippen molar-refractivity contribution in [3.8, 4) is 0 Å². The molecule has 0 aromatic rings. The average molecular weight is 200 g/mol. The van der Waals surface area contributed by atoms with Crippen molar-refractivity contribution in [2.75, 3.05) is 26.7 Å². The molecule has 14 heavy (non-hydrogen) atoms. The lowest BCUT2D eigenvalue weighted by atomic mass is 10.2. The molecule has 0 aromatic carbocycles. The summed E-state index contributed by atoms with van der Waals surface area (Å²) in [5, 5.41) is 3.31. The first kappa shape index (κ1) is 11.5. The molecule has 0 aliphatic carbocycles. The van der Waals surface area contributed by atoms with Crippen LogP contribution < -0.4 is 5.32 Å². The van der Waals surface area contributed by atoms with Gasteiger partial charge in [0.1, 0.15) is 6.10 Å². The third kappa shape index (κ3) is 2.69. The Labute approximate surface area is 85.6 Å². The summed E-state index contributed by atoms with van der Waals surface area (Å²) in [4.78, 5) is 13.8. The summed E-state index contributed by atoms with van der Waals surface area (Å²) in [6, 6.07) is 0.391. The highest BCUT2D eigenvalue weighted by Crippen LogP contribution is 2.06. The van der Waals surface area contributed by atoms with Gasteiger partial charge in [0.05, 0.1) is 0 Å². The minimum atomic E-state index is -0.264. The summed E-state index contributed by atoms with van der Waals surface area (Å²) in [5.74, 6) is 0.128. The molecule has 1 unspecified atom stereocenters. The molecule has 1 heterocycles. The highest BCUT2D eigenvalue weighted by molar-refractivity contribution is 5.81. The SMILES string of the molecule is CCC(OC)C(=O)N1CCN[C@@H](C)C1. The number of carbonyl (C=O) groups is 1. The first-order valence-corrected chi connectivity index (χ1v) is 5.24. The topological polar surface area (TPSA) is 41.6 Å². The van der Waals surface area contributed by atoms with E-state index in [4.69, 9.17) is 4.74 Å². The van der Waals surface area contributed by atoms with E-state index in [1.54, 1.807) is 7.11 Å². The lowest BCUT2D eigenvalue weighted by Crippen LogP contribution is -2.53. The standard InChI is InChI=1S/C10H20N2O2/c1-4-9(14-3)10(13)12-6-5-11-8(2)7-12/h8-9,11H,4-7H2,1-3H3/t8-,9?/m0/s1. The van der Waals surface area contributed by atoms with Gasteiger partial charge in [-0.05, 0) is 13.3 Å². The van der Waals surface area contributed by atoms with Gasteiger partial charge < -0.3 is 15.0 Å². The van der Waals surface area contributed by atoms with Crippen LogP contribution in [0.4, 0.5) is 0 Å². The Hall–Kier alpha value is -0.610. The third-order valence-electron chi connectivity index (χ3n) is 2.61. The first-order valence-electron chi connectivity index (χ1n) is 5.24. The van der Waals surface area contributed by atoms with E-state index in [1.807, 2.05) is 11.8 Å². The van der Waals surface area contributed by atoms with Gasteiger partial charge in [-0.3, -0.25) is 4.79 Å². The highest BCUT2D eigenvalue weighted by Gasteiger charge is 2.25. The predicted octanol–water partition coefficient (Wildman–Crippen LogP) is 0.232.